The Kier molecular flexibility index (Phi) is 3.97. The number of rotatable bonds is 5. The van der Waals surface area contributed by atoms with Crippen LogP contribution in [0.25, 0.3) is 0 Å². The Balaban J connectivity index is 1.60. The van der Waals surface area contributed by atoms with Gasteiger partial charge in [-0.05, 0) is 37.2 Å². The summed E-state index contributed by atoms with van der Waals surface area (Å²) in [6.07, 6.45) is 2.09. The van der Waals surface area contributed by atoms with Crippen LogP contribution in [0.1, 0.15) is 25.3 Å². The topological polar surface area (TPSA) is 29.5 Å². The SMILES string of the molecule is CC(O)C1CC(COCc2ccccc2)C1. The minimum Gasteiger partial charge on any atom is -0.393 e. The lowest BCUT2D eigenvalue weighted by atomic mass is 9.73. The van der Waals surface area contributed by atoms with E-state index in [1.807, 2.05) is 25.1 Å². The third-order valence-electron chi connectivity index (χ3n) is 3.42. The van der Waals surface area contributed by atoms with Crippen LogP contribution in [0.5, 0.6) is 0 Å². The van der Waals surface area contributed by atoms with Crippen molar-refractivity contribution in [1.29, 1.82) is 0 Å². The highest BCUT2D eigenvalue weighted by Gasteiger charge is 2.32. The molecule has 1 aliphatic rings. The van der Waals surface area contributed by atoms with E-state index in [0.717, 1.165) is 19.4 Å². The standard InChI is InChI=1S/C14H20O2/c1-11(15)14-7-13(8-14)10-16-9-12-5-3-2-4-6-12/h2-6,11,13-15H,7-10H2,1H3. The Morgan fingerprint density at radius 3 is 2.62 bits per heavy atom. The molecule has 1 atom stereocenters. The van der Waals surface area contributed by atoms with E-state index >= 15 is 0 Å². The van der Waals surface area contributed by atoms with Gasteiger partial charge in [-0.25, -0.2) is 0 Å². The van der Waals surface area contributed by atoms with E-state index in [0.29, 0.717) is 18.4 Å². The van der Waals surface area contributed by atoms with E-state index in [1.165, 1.54) is 5.56 Å². The Labute approximate surface area is 97.3 Å². The molecule has 0 radical (unpaired) electrons. The van der Waals surface area contributed by atoms with E-state index in [-0.39, 0.29) is 6.10 Å². The molecule has 0 spiro atoms. The number of hydrogen-bond acceptors (Lipinski definition) is 2. The number of aliphatic hydroxyl groups is 1. The van der Waals surface area contributed by atoms with Crippen LogP contribution < -0.4 is 0 Å². The summed E-state index contributed by atoms with van der Waals surface area (Å²) in [6.45, 7) is 3.42. The van der Waals surface area contributed by atoms with Gasteiger partial charge in [0, 0.05) is 6.61 Å². The third kappa shape index (κ3) is 3.06. The minimum atomic E-state index is -0.148. The van der Waals surface area contributed by atoms with Gasteiger partial charge in [-0.3, -0.25) is 0 Å². The Hall–Kier alpha value is -0.860. The first kappa shape index (κ1) is 11.6. The van der Waals surface area contributed by atoms with Crippen LogP contribution in [0.3, 0.4) is 0 Å². The summed E-state index contributed by atoms with van der Waals surface area (Å²) >= 11 is 0. The first-order valence-electron chi connectivity index (χ1n) is 6.05. The first-order valence-corrected chi connectivity index (χ1v) is 6.05. The van der Waals surface area contributed by atoms with Gasteiger partial charge in [-0.15, -0.1) is 0 Å². The van der Waals surface area contributed by atoms with E-state index in [4.69, 9.17) is 4.74 Å². The van der Waals surface area contributed by atoms with Crippen LogP contribution in [-0.2, 0) is 11.3 Å². The zero-order valence-electron chi connectivity index (χ0n) is 9.80. The number of aliphatic hydroxyl groups excluding tert-OH is 1. The summed E-state index contributed by atoms with van der Waals surface area (Å²) < 4.78 is 5.67. The van der Waals surface area contributed by atoms with Crippen LogP contribution in [0.4, 0.5) is 0 Å². The molecule has 1 aromatic rings. The molecule has 1 aliphatic carbocycles. The number of benzene rings is 1. The van der Waals surface area contributed by atoms with Gasteiger partial charge in [0.1, 0.15) is 0 Å². The molecule has 0 aliphatic heterocycles. The largest absolute Gasteiger partial charge is 0.393 e. The zero-order chi connectivity index (χ0) is 11.4. The fraction of sp³-hybridized carbons (Fsp3) is 0.571. The van der Waals surface area contributed by atoms with Crippen LogP contribution in [0, 0.1) is 11.8 Å². The van der Waals surface area contributed by atoms with E-state index in [2.05, 4.69) is 12.1 Å². The van der Waals surface area contributed by atoms with Gasteiger partial charge in [-0.2, -0.15) is 0 Å². The van der Waals surface area contributed by atoms with Crippen molar-refractivity contribution in [1.82, 2.24) is 0 Å². The summed E-state index contributed by atoms with van der Waals surface area (Å²) in [5, 5.41) is 9.35. The predicted octanol–water partition coefficient (Wildman–Crippen LogP) is 2.61. The van der Waals surface area contributed by atoms with E-state index in [9.17, 15) is 5.11 Å². The van der Waals surface area contributed by atoms with Crippen molar-refractivity contribution in [3.8, 4) is 0 Å². The molecule has 2 nitrogen and oxygen atoms in total. The minimum absolute atomic E-state index is 0.148. The van der Waals surface area contributed by atoms with Crippen molar-refractivity contribution in [2.75, 3.05) is 6.61 Å². The van der Waals surface area contributed by atoms with Crippen molar-refractivity contribution in [2.24, 2.45) is 11.8 Å². The van der Waals surface area contributed by atoms with Gasteiger partial charge < -0.3 is 9.84 Å². The molecule has 16 heavy (non-hydrogen) atoms. The van der Waals surface area contributed by atoms with Gasteiger partial charge in [0.25, 0.3) is 0 Å². The maximum absolute atomic E-state index is 9.35. The fourth-order valence-electron chi connectivity index (χ4n) is 2.23. The van der Waals surface area contributed by atoms with Crippen molar-refractivity contribution >= 4 is 0 Å². The van der Waals surface area contributed by atoms with Gasteiger partial charge in [-0.1, -0.05) is 30.3 Å². The second kappa shape index (κ2) is 5.46. The van der Waals surface area contributed by atoms with Crippen molar-refractivity contribution in [2.45, 2.75) is 32.5 Å². The van der Waals surface area contributed by atoms with Crippen molar-refractivity contribution in [3.05, 3.63) is 35.9 Å². The summed E-state index contributed by atoms with van der Waals surface area (Å²) in [5.41, 5.74) is 1.23. The normalized spacial score (nSPS) is 26.1. The molecular weight excluding hydrogens is 200 g/mol. The summed E-state index contributed by atoms with van der Waals surface area (Å²) in [4.78, 5) is 0. The molecule has 88 valence electrons. The molecule has 0 heterocycles. The average molecular weight is 220 g/mol. The molecule has 1 fully saturated rings. The molecule has 2 rings (SSSR count). The Morgan fingerprint density at radius 1 is 1.31 bits per heavy atom. The lowest BCUT2D eigenvalue weighted by Gasteiger charge is -2.36. The highest BCUT2D eigenvalue weighted by atomic mass is 16.5. The maximum Gasteiger partial charge on any atom is 0.0717 e. The van der Waals surface area contributed by atoms with Gasteiger partial charge in [0.2, 0.25) is 0 Å². The smallest absolute Gasteiger partial charge is 0.0717 e. The first-order chi connectivity index (χ1) is 7.75. The second-order valence-corrected chi connectivity index (χ2v) is 4.84. The van der Waals surface area contributed by atoms with E-state index < -0.39 is 0 Å². The highest BCUT2D eigenvalue weighted by molar-refractivity contribution is 5.13. The molecule has 0 bridgehead atoms. The maximum atomic E-state index is 9.35. The lowest BCUT2D eigenvalue weighted by molar-refractivity contribution is -0.0105. The highest BCUT2D eigenvalue weighted by Crippen LogP contribution is 2.36. The predicted molar refractivity (Wildman–Crippen MR) is 64.0 cm³/mol. The monoisotopic (exact) mass is 220 g/mol. The number of hydrogen-bond donors (Lipinski definition) is 1. The summed E-state index contributed by atoms with van der Waals surface area (Å²) in [6, 6.07) is 10.2. The molecule has 2 heteroatoms. The Morgan fingerprint density at radius 2 is 2.00 bits per heavy atom. The molecular formula is C14H20O2. The fourth-order valence-corrected chi connectivity index (χ4v) is 2.23. The number of ether oxygens (including phenoxy) is 1. The van der Waals surface area contributed by atoms with Gasteiger partial charge >= 0.3 is 0 Å². The quantitative estimate of drug-likeness (QED) is 0.826. The summed E-state index contributed by atoms with van der Waals surface area (Å²) in [7, 11) is 0. The molecule has 0 aromatic heterocycles. The molecule has 1 saturated carbocycles. The lowest BCUT2D eigenvalue weighted by Crippen LogP contribution is -2.34. The second-order valence-electron chi connectivity index (χ2n) is 4.84. The van der Waals surface area contributed by atoms with Crippen LogP contribution in [-0.4, -0.2) is 17.8 Å². The summed E-state index contributed by atoms with van der Waals surface area (Å²) in [5.74, 6) is 1.16. The van der Waals surface area contributed by atoms with Gasteiger partial charge in [0.15, 0.2) is 0 Å². The zero-order valence-corrected chi connectivity index (χ0v) is 9.80. The molecule has 1 unspecified atom stereocenters. The van der Waals surface area contributed by atoms with Crippen LogP contribution in [0.15, 0.2) is 30.3 Å². The Bertz CT molecular complexity index is 302. The molecule has 0 amide bonds. The molecule has 1 N–H and O–H groups in total. The van der Waals surface area contributed by atoms with E-state index in [1.54, 1.807) is 0 Å². The third-order valence-corrected chi connectivity index (χ3v) is 3.42. The van der Waals surface area contributed by atoms with Crippen molar-refractivity contribution < 1.29 is 9.84 Å². The van der Waals surface area contributed by atoms with Gasteiger partial charge in [0.05, 0.1) is 12.7 Å². The van der Waals surface area contributed by atoms with Crippen molar-refractivity contribution in [3.63, 3.8) is 0 Å². The average Bonchev–Trinajstić information content (AvgIpc) is 2.22. The molecule has 1 aromatic carbocycles. The van der Waals surface area contributed by atoms with Crippen LogP contribution >= 0.6 is 0 Å². The van der Waals surface area contributed by atoms with Crippen LogP contribution in [0.2, 0.25) is 0 Å². The molecule has 0 saturated heterocycles.